The lowest BCUT2D eigenvalue weighted by atomic mass is 9.83. The van der Waals surface area contributed by atoms with Crippen LogP contribution in [0.1, 0.15) is 17.5 Å². The molecule has 0 saturated carbocycles. The van der Waals surface area contributed by atoms with Crippen molar-refractivity contribution in [2.45, 2.75) is 19.3 Å². The number of nitrogens with one attached hydrogen (secondary N) is 1. The molecule has 3 rings (SSSR count). The van der Waals surface area contributed by atoms with Crippen molar-refractivity contribution < 1.29 is 4.79 Å². The normalized spacial score (nSPS) is 17.1. The Bertz CT molecular complexity index is 684. The Morgan fingerprint density at radius 3 is 2.76 bits per heavy atom. The van der Waals surface area contributed by atoms with E-state index in [4.69, 9.17) is 17.3 Å². The topological polar surface area (TPSA) is 55.1 Å². The summed E-state index contributed by atoms with van der Waals surface area (Å²) in [6.45, 7) is 0. The van der Waals surface area contributed by atoms with Crippen LogP contribution in [-0.2, 0) is 17.6 Å². The zero-order chi connectivity index (χ0) is 14.8. The third-order valence-electron chi connectivity index (χ3n) is 3.99. The Balaban J connectivity index is 1.74. The lowest BCUT2D eigenvalue weighted by Crippen LogP contribution is -2.28. The number of nitrogens with two attached hydrogens (primary N) is 1. The third kappa shape index (κ3) is 3.03. The number of nitrogen functional groups attached to an aromatic ring is 1. The van der Waals surface area contributed by atoms with E-state index in [1.807, 2.05) is 12.1 Å². The highest BCUT2D eigenvalue weighted by molar-refractivity contribution is 6.31. The molecule has 0 bridgehead atoms. The molecule has 3 nitrogen and oxygen atoms in total. The van der Waals surface area contributed by atoms with Gasteiger partial charge in [-0.3, -0.25) is 4.79 Å². The van der Waals surface area contributed by atoms with E-state index in [0.717, 1.165) is 19.3 Å². The standard InChI is InChI=1S/C17H17ClN2O/c18-14-7-8-15(19)16(10-14)20-17(21)13-6-5-11-3-1-2-4-12(11)9-13/h1-4,7-8,10,13H,5-6,9,19H2,(H,20,21). The number of carbonyl (C=O) groups is 1. The van der Waals surface area contributed by atoms with Gasteiger partial charge in [-0.15, -0.1) is 0 Å². The first kappa shape index (κ1) is 14.0. The fourth-order valence-corrected chi connectivity index (χ4v) is 2.97. The van der Waals surface area contributed by atoms with Crippen molar-refractivity contribution in [1.29, 1.82) is 0 Å². The van der Waals surface area contributed by atoms with E-state index >= 15 is 0 Å². The maximum Gasteiger partial charge on any atom is 0.227 e. The van der Waals surface area contributed by atoms with E-state index in [9.17, 15) is 4.79 Å². The summed E-state index contributed by atoms with van der Waals surface area (Å²) in [6, 6.07) is 13.4. The Morgan fingerprint density at radius 2 is 1.95 bits per heavy atom. The van der Waals surface area contributed by atoms with Gasteiger partial charge in [0, 0.05) is 10.9 Å². The second-order valence-corrected chi connectivity index (χ2v) is 5.87. The van der Waals surface area contributed by atoms with Crippen LogP contribution in [0.15, 0.2) is 42.5 Å². The van der Waals surface area contributed by atoms with E-state index in [0.29, 0.717) is 16.4 Å². The monoisotopic (exact) mass is 300 g/mol. The number of hydrogen-bond donors (Lipinski definition) is 2. The minimum absolute atomic E-state index is 0.0125. The average Bonchev–Trinajstić information content (AvgIpc) is 2.50. The van der Waals surface area contributed by atoms with Crippen LogP contribution in [0.4, 0.5) is 11.4 Å². The number of halogens is 1. The summed E-state index contributed by atoms with van der Waals surface area (Å²) in [5.74, 6) is -0.00301. The van der Waals surface area contributed by atoms with Crippen molar-refractivity contribution in [1.82, 2.24) is 0 Å². The molecule has 0 radical (unpaired) electrons. The number of aryl methyl sites for hydroxylation is 1. The van der Waals surface area contributed by atoms with Gasteiger partial charge in [-0.25, -0.2) is 0 Å². The van der Waals surface area contributed by atoms with Crippen LogP contribution in [0.3, 0.4) is 0 Å². The van der Waals surface area contributed by atoms with E-state index < -0.39 is 0 Å². The van der Waals surface area contributed by atoms with Crippen molar-refractivity contribution in [3.05, 3.63) is 58.6 Å². The highest BCUT2D eigenvalue weighted by Gasteiger charge is 2.24. The van der Waals surface area contributed by atoms with Gasteiger partial charge in [0.15, 0.2) is 0 Å². The summed E-state index contributed by atoms with van der Waals surface area (Å²) < 4.78 is 0. The maximum atomic E-state index is 12.4. The number of fused-ring (bicyclic) bond motifs is 1. The van der Waals surface area contributed by atoms with Gasteiger partial charge >= 0.3 is 0 Å². The molecule has 1 amide bonds. The lowest BCUT2D eigenvalue weighted by Gasteiger charge is -2.24. The molecule has 2 aromatic carbocycles. The number of hydrogen-bond acceptors (Lipinski definition) is 2. The van der Waals surface area contributed by atoms with Gasteiger partial charge in [-0.2, -0.15) is 0 Å². The molecule has 108 valence electrons. The predicted octanol–water partition coefficient (Wildman–Crippen LogP) is 3.67. The predicted molar refractivity (Wildman–Crippen MR) is 86.5 cm³/mol. The first-order valence-electron chi connectivity index (χ1n) is 7.06. The van der Waals surface area contributed by atoms with Crippen molar-refractivity contribution >= 4 is 28.9 Å². The van der Waals surface area contributed by atoms with Gasteiger partial charge in [-0.1, -0.05) is 35.9 Å². The fraction of sp³-hybridized carbons (Fsp3) is 0.235. The quantitative estimate of drug-likeness (QED) is 0.832. The molecular weight excluding hydrogens is 284 g/mol. The molecule has 4 heteroatoms. The van der Waals surface area contributed by atoms with Crippen LogP contribution < -0.4 is 11.1 Å². The number of rotatable bonds is 2. The van der Waals surface area contributed by atoms with E-state index in [1.54, 1.807) is 18.2 Å². The summed E-state index contributed by atoms with van der Waals surface area (Å²) in [6.07, 6.45) is 2.59. The zero-order valence-electron chi connectivity index (χ0n) is 11.6. The molecule has 2 aromatic rings. The Labute approximate surface area is 129 Å². The first-order valence-corrected chi connectivity index (χ1v) is 7.44. The van der Waals surface area contributed by atoms with Crippen LogP contribution in [0.5, 0.6) is 0 Å². The van der Waals surface area contributed by atoms with Crippen molar-refractivity contribution in [2.75, 3.05) is 11.1 Å². The van der Waals surface area contributed by atoms with Crippen molar-refractivity contribution in [3.63, 3.8) is 0 Å². The van der Waals surface area contributed by atoms with Crippen LogP contribution in [0.25, 0.3) is 0 Å². The van der Waals surface area contributed by atoms with Crippen LogP contribution >= 0.6 is 11.6 Å². The third-order valence-corrected chi connectivity index (χ3v) is 4.23. The lowest BCUT2D eigenvalue weighted by molar-refractivity contribution is -0.120. The number of carbonyl (C=O) groups excluding carboxylic acids is 1. The van der Waals surface area contributed by atoms with Crippen molar-refractivity contribution in [3.8, 4) is 0 Å². The Morgan fingerprint density at radius 1 is 1.19 bits per heavy atom. The average molecular weight is 301 g/mol. The summed E-state index contributed by atoms with van der Waals surface area (Å²) >= 11 is 5.95. The van der Waals surface area contributed by atoms with Gasteiger partial charge in [0.2, 0.25) is 5.91 Å². The molecule has 1 aliphatic rings. The highest BCUT2D eigenvalue weighted by atomic mass is 35.5. The smallest absolute Gasteiger partial charge is 0.227 e. The molecule has 1 unspecified atom stereocenters. The van der Waals surface area contributed by atoms with Gasteiger partial charge in [-0.05, 0) is 48.6 Å². The van der Waals surface area contributed by atoms with E-state index in [-0.39, 0.29) is 11.8 Å². The number of benzene rings is 2. The van der Waals surface area contributed by atoms with Gasteiger partial charge < -0.3 is 11.1 Å². The molecule has 0 fully saturated rings. The van der Waals surface area contributed by atoms with Gasteiger partial charge in [0.05, 0.1) is 11.4 Å². The molecular formula is C17H17ClN2O. The van der Waals surface area contributed by atoms with E-state index in [1.165, 1.54) is 11.1 Å². The second kappa shape index (κ2) is 5.78. The molecule has 0 heterocycles. The number of anilines is 2. The minimum atomic E-state index is -0.0155. The molecule has 3 N–H and O–H groups in total. The highest BCUT2D eigenvalue weighted by Crippen LogP contribution is 2.28. The van der Waals surface area contributed by atoms with Crippen molar-refractivity contribution in [2.24, 2.45) is 5.92 Å². The summed E-state index contributed by atoms with van der Waals surface area (Å²) in [5, 5.41) is 3.47. The molecule has 21 heavy (non-hydrogen) atoms. The summed E-state index contributed by atoms with van der Waals surface area (Å²) in [5.41, 5.74) is 9.61. The summed E-state index contributed by atoms with van der Waals surface area (Å²) in [7, 11) is 0. The van der Waals surface area contributed by atoms with Gasteiger partial charge in [0.25, 0.3) is 0 Å². The molecule has 0 aliphatic heterocycles. The molecule has 0 saturated heterocycles. The molecule has 1 atom stereocenters. The maximum absolute atomic E-state index is 12.4. The molecule has 0 spiro atoms. The first-order chi connectivity index (χ1) is 10.1. The van der Waals surface area contributed by atoms with Crippen LogP contribution in [0.2, 0.25) is 5.02 Å². The Kier molecular flexibility index (Phi) is 3.84. The SMILES string of the molecule is Nc1ccc(Cl)cc1NC(=O)C1CCc2ccccc2C1. The van der Waals surface area contributed by atoms with Gasteiger partial charge in [0.1, 0.15) is 0 Å². The Hall–Kier alpha value is -2.00. The zero-order valence-corrected chi connectivity index (χ0v) is 12.4. The number of amides is 1. The van der Waals surface area contributed by atoms with Crippen LogP contribution in [0, 0.1) is 5.92 Å². The summed E-state index contributed by atoms with van der Waals surface area (Å²) in [4.78, 5) is 12.4. The fourth-order valence-electron chi connectivity index (χ4n) is 2.79. The largest absolute Gasteiger partial charge is 0.397 e. The molecule has 1 aliphatic carbocycles. The second-order valence-electron chi connectivity index (χ2n) is 5.43. The van der Waals surface area contributed by atoms with Crippen LogP contribution in [-0.4, -0.2) is 5.91 Å². The minimum Gasteiger partial charge on any atom is -0.397 e. The van der Waals surface area contributed by atoms with E-state index in [2.05, 4.69) is 17.4 Å². The molecule has 0 aromatic heterocycles.